The molecule has 3 N–H and O–H groups in total. The number of Topliss-reactive ketones (excluding diaryl/α,β-unsaturated/α-hetero) is 1. The number of hydrogen-bond donors (Lipinski definition) is 3. The van der Waals surface area contributed by atoms with Crippen molar-refractivity contribution in [2.24, 2.45) is 0 Å². The van der Waals surface area contributed by atoms with Crippen molar-refractivity contribution in [2.45, 2.75) is 26.4 Å². The fourth-order valence-corrected chi connectivity index (χ4v) is 1.99. The Bertz CT molecular complexity index is 761. The Morgan fingerprint density at radius 3 is 2.67 bits per heavy atom. The molecule has 2 aromatic heterocycles. The lowest BCUT2D eigenvalue weighted by Crippen LogP contribution is -2.41. The molecule has 0 aliphatic rings. The first kappa shape index (κ1) is 17.5. The van der Waals surface area contributed by atoms with Crippen molar-refractivity contribution in [1.82, 2.24) is 20.6 Å². The molecule has 0 atom stereocenters. The number of ketones is 1. The number of aromatic nitrogens is 2. The fourth-order valence-electron chi connectivity index (χ4n) is 1.99. The third-order valence-electron chi connectivity index (χ3n) is 2.99. The number of pyridine rings is 1. The first-order valence-electron chi connectivity index (χ1n) is 7.45. The molecule has 0 aromatic carbocycles. The Morgan fingerprint density at radius 1 is 1.21 bits per heavy atom. The molecule has 0 radical (unpaired) electrons. The van der Waals surface area contributed by atoms with Crippen molar-refractivity contribution < 1.29 is 19.1 Å². The second-order valence-electron chi connectivity index (χ2n) is 6.16. The third kappa shape index (κ3) is 4.80. The first-order valence-corrected chi connectivity index (χ1v) is 7.45. The smallest absolute Gasteiger partial charge is 0.408 e. The molecule has 0 aliphatic heterocycles. The van der Waals surface area contributed by atoms with E-state index in [1.54, 1.807) is 45.3 Å². The Morgan fingerprint density at radius 2 is 1.96 bits per heavy atom. The summed E-state index contributed by atoms with van der Waals surface area (Å²) in [5, 5.41) is 5.48. The summed E-state index contributed by atoms with van der Waals surface area (Å²) < 4.78 is 5.01. The largest absolute Gasteiger partial charge is 0.444 e. The van der Waals surface area contributed by atoms with E-state index >= 15 is 0 Å². The van der Waals surface area contributed by atoms with Crippen LogP contribution in [0.5, 0.6) is 0 Å². The van der Waals surface area contributed by atoms with Gasteiger partial charge in [-0.2, -0.15) is 0 Å². The molecule has 0 aliphatic carbocycles. The average molecular weight is 332 g/mol. The van der Waals surface area contributed by atoms with E-state index in [-0.39, 0.29) is 18.9 Å². The number of aromatic amines is 1. The molecule has 2 amide bonds. The molecule has 8 nitrogen and oxygen atoms in total. The minimum atomic E-state index is -0.688. The highest BCUT2D eigenvalue weighted by Gasteiger charge is 2.17. The first-order chi connectivity index (χ1) is 11.3. The summed E-state index contributed by atoms with van der Waals surface area (Å²) in [4.78, 5) is 42.3. The van der Waals surface area contributed by atoms with Crippen LogP contribution in [0.25, 0.3) is 11.0 Å². The Hall–Kier alpha value is -2.90. The van der Waals surface area contributed by atoms with Crippen molar-refractivity contribution in [2.75, 3.05) is 13.1 Å². The lowest BCUT2D eigenvalue weighted by molar-refractivity contribution is -0.120. The molecule has 0 saturated carbocycles. The topological polar surface area (TPSA) is 113 Å². The predicted octanol–water partition coefficient (Wildman–Crippen LogP) is 1.39. The summed E-state index contributed by atoms with van der Waals surface area (Å²) >= 11 is 0. The number of carbonyl (C=O) groups excluding carboxylic acids is 3. The van der Waals surface area contributed by atoms with Gasteiger partial charge in [0.2, 0.25) is 5.91 Å². The van der Waals surface area contributed by atoms with Crippen LogP contribution in [0.1, 0.15) is 31.1 Å². The SMILES string of the molecule is CC(C)(C)OC(=O)NCC(=O)NCC(=O)c1c[nH]c2ncccc12. The van der Waals surface area contributed by atoms with Crippen molar-refractivity contribution in [1.29, 1.82) is 0 Å². The van der Waals surface area contributed by atoms with Crippen LogP contribution in [0, 0.1) is 0 Å². The summed E-state index contributed by atoms with van der Waals surface area (Å²) in [6.45, 7) is 4.73. The number of H-pyrrole nitrogens is 1. The van der Waals surface area contributed by atoms with Crippen molar-refractivity contribution in [3.63, 3.8) is 0 Å². The molecule has 2 aromatic rings. The maximum atomic E-state index is 12.2. The van der Waals surface area contributed by atoms with Crippen LogP contribution < -0.4 is 10.6 Å². The Labute approximate surface area is 139 Å². The van der Waals surface area contributed by atoms with Gasteiger partial charge in [0.1, 0.15) is 17.8 Å². The summed E-state index contributed by atoms with van der Waals surface area (Å²) in [5.74, 6) is -0.730. The Kier molecular flexibility index (Phi) is 5.18. The van der Waals surface area contributed by atoms with Gasteiger partial charge in [-0.25, -0.2) is 9.78 Å². The maximum absolute atomic E-state index is 12.2. The lowest BCUT2D eigenvalue weighted by Gasteiger charge is -2.19. The minimum Gasteiger partial charge on any atom is -0.444 e. The normalized spacial score (nSPS) is 11.1. The molecular weight excluding hydrogens is 312 g/mol. The highest BCUT2D eigenvalue weighted by Crippen LogP contribution is 2.15. The number of hydrogen-bond acceptors (Lipinski definition) is 5. The van der Waals surface area contributed by atoms with Gasteiger partial charge in [0.05, 0.1) is 6.54 Å². The zero-order valence-electron chi connectivity index (χ0n) is 13.8. The molecule has 24 heavy (non-hydrogen) atoms. The number of nitrogens with zero attached hydrogens (tertiary/aromatic N) is 1. The van der Waals surface area contributed by atoms with E-state index in [4.69, 9.17) is 4.74 Å². The Balaban J connectivity index is 1.81. The van der Waals surface area contributed by atoms with E-state index in [0.717, 1.165) is 0 Å². The van der Waals surface area contributed by atoms with Gasteiger partial charge in [-0.15, -0.1) is 0 Å². The monoisotopic (exact) mass is 332 g/mol. The van der Waals surface area contributed by atoms with Gasteiger partial charge in [0.25, 0.3) is 0 Å². The third-order valence-corrected chi connectivity index (χ3v) is 2.99. The highest BCUT2D eigenvalue weighted by atomic mass is 16.6. The quantitative estimate of drug-likeness (QED) is 0.716. The van der Waals surface area contributed by atoms with E-state index in [1.807, 2.05) is 0 Å². The molecule has 0 bridgehead atoms. The summed E-state index contributed by atoms with van der Waals surface area (Å²) in [6, 6.07) is 3.51. The van der Waals surface area contributed by atoms with E-state index in [0.29, 0.717) is 16.6 Å². The standard InChI is InChI=1S/C16H20N4O4/c1-16(2,3)24-15(23)20-9-13(22)18-8-12(21)11-7-19-14-10(11)5-4-6-17-14/h4-7H,8-9H2,1-3H3,(H,17,19)(H,18,22)(H,20,23). The number of alkyl carbamates (subject to hydrolysis) is 1. The number of ether oxygens (including phenoxy) is 1. The van der Waals surface area contributed by atoms with Crippen LogP contribution in [0.4, 0.5) is 4.79 Å². The molecule has 0 saturated heterocycles. The zero-order chi connectivity index (χ0) is 17.7. The molecular formula is C16H20N4O4. The number of fused-ring (bicyclic) bond motifs is 1. The summed E-state index contributed by atoms with van der Waals surface area (Å²) in [5.41, 5.74) is 0.428. The van der Waals surface area contributed by atoms with Crippen molar-refractivity contribution in [3.8, 4) is 0 Å². The number of nitrogens with one attached hydrogen (secondary N) is 3. The average Bonchev–Trinajstić information content (AvgIpc) is 2.93. The maximum Gasteiger partial charge on any atom is 0.408 e. The van der Waals surface area contributed by atoms with E-state index < -0.39 is 17.6 Å². The zero-order valence-corrected chi connectivity index (χ0v) is 13.8. The van der Waals surface area contributed by atoms with Gasteiger partial charge in [0, 0.05) is 23.3 Å². The second-order valence-corrected chi connectivity index (χ2v) is 6.16. The van der Waals surface area contributed by atoms with Crippen molar-refractivity contribution in [3.05, 3.63) is 30.1 Å². The number of carbonyl (C=O) groups is 3. The van der Waals surface area contributed by atoms with Gasteiger partial charge in [-0.3, -0.25) is 9.59 Å². The van der Waals surface area contributed by atoms with Gasteiger partial charge in [-0.05, 0) is 32.9 Å². The van der Waals surface area contributed by atoms with Crippen molar-refractivity contribution >= 4 is 28.8 Å². The summed E-state index contributed by atoms with van der Waals surface area (Å²) in [7, 11) is 0. The van der Waals surface area contributed by atoms with E-state index in [2.05, 4.69) is 20.6 Å². The van der Waals surface area contributed by atoms with Crippen LogP contribution in [0.3, 0.4) is 0 Å². The highest BCUT2D eigenvalue weighted by molar-refractivity contribution is 6.08. The second kappa shape index (κ2) is 7.12. The predicted molar refractivity (Wildman–Crippen MR) is 87.7 cm³/mol. The summed E-state index contributed by atoms with van der Waals surface area (Å²) in [6.07, 6.45) is 2.49. The minimum absolute atomic E-state index is 0.170. The lowest BCUT2D eigenvalue weighted by atomic mass is 10.1. The molecule has 0 unspecified atom stereocenters. The van der Waals surface area contributed by atoms with Crippen LogP contribution in [0.2, 0.25) is 0 Å². The van der Waals surface area contributed by atoms with Gasteiger partial charge < -0.3 is 20.4 Å². The molecule has 8 heteroatoms. The van der Waals surface area contributed by atoms with Crippen LogP contribution in [0.15, 0.2) is 24.5 Å². The van der Waals surface area contributed by atoms with Gasteiger partial charge >= 0.3 is 6.09 Å². The molecule has 0 fully saturated rings. The molecule has 2 rings (SSSR count). The molecule has 128 valence electrons. The van der Waals surface area contributed by atoms with Crippen LogP contribution in [-0.2, 0) is 9.53 Å². The number of rotatable bonds is 5. The van der Waals surface area contributed by atoms with Gasteiger partial charge in [0.15, 0.2) is 5.78 Å². The van der Waals surface area contributed by atoms with Crippen LogP contribution in [-0.4, -0.2) is 46.4 Å². The molecule has 0 spiro atoms. The van der Waals surface area contributed by atoms with E-state index in [1.165, 1.54) is 0 Å². The van der Waals surface area contributed by atoms with Gasteiger partial charge in [-0.1, -0.05) is 0 Å². The van der Waals surface area contributed by atoms with Crippen LogP contribution >= 0.6 is 0 Å². The fraction of sp³-hybridized carbons (Fsp3) is 0.375. The molecule has 2 heterocycles. The number of amides is 2. The van der Waals surface area contributed by atoms with E-state index in [9.17, 15) is 14.4 Å².